The monoisotopic (exact) mass is 210 g/mol. The maximum atomic E-state index is 8.78. The number of nitrogens with zero attached hydrogens (tertiary/aromatic N) is 3. The van der Waals surface area contributed by atoms with E-state index in [0.29, 0.717) is 17.3 Å². The van der Waals surface area contributed by atoms with Gasteiger partial charge in [-0.1, -0.05) is 18.2 Å². The zero-order valence-corrected chi connectivity index (χ0v) is 8.81. The number of nitrogens with one attached hydrogen (secondary N) is 1. The first-order chi connectivity index (χ1) is 7.78. The largest absolute Gasteiger partial charge is 0.340 e. The van der Waals surface area contributed by atoms with Crippen molar-refractivity contribution in [3.8, 4) is 6.07 Å². The second kappa shape index (κ2) is 4.41. The number of aromatic nitrogens is 2. The molecular weight excluding hydrogens is 200 g/mol. The van der Waals surface area contributed by atoms with Gasteiger partial charge in [0.05, 0.1) is 0 Å². The van der Waals surface area contributed by atoms with Gasteiger partial charge in [0.15, 0.2) is 0 Å². The van der Waals surface area contributed by atoms with Crippen molar-refractivity contribution in [3.05, 3.63) is 47.9 Å². The van der Waals surface area contributed by atoms with E-state index in [1.807, 2.05) is 36.4 Å². The fourth-order valence-electron chi connectivity index (χ4n) is 1.36. The summed E-state index contributed by atoms with van der Waals surface area (Å²) in [4.78, 5) is 8.19. The molecule has 1 aromatic heterocycles. The van der Waals surface area contributed by atoms with Crippen LogP contribution >= 0.6 is 0 Å². The Labute approximate surface area is 93.6 Å². The molecule has 0 aliphatic carbocycles. The van der Waals surface area contributed by atoms with Crippen LogP contribution in [0.1, 0.15) is 11.5 Å². The summed E-state index contributed by atoms with van der Waals surface area (Å²) in [6.07, 6.45) is 0. The quantitative estimate of drug-likeness (QED) is 0.826. The lowest BCUT2D eigenvalue weighted by Gasteiger charge is -2.05. The van der Waals surface area contributed by atoms with Gasteiger partial charge in [-0.3, -0.25) is 0 Å². The summed E-state index contributed by atoms with van der Waals surface area (Å²) in [6, 6.07) is 13.3. The van der Waals surface area contributed by atoms with E-state index in [-0.39, 0.29) is 0 Å². The van der Waals surface area contributed by atoms with Crippen molar-refractivity contribution in [2.75, 3.05) is 5.32 Å². The highest BCUT2D eigenvalue weighted by Gasteiger charge is 2.01. The van der Waals surface area contributed by atoms with Gasteiger partial charge in [0.25, 0.3) is 0 Å². The van der Waals surface area contributed by atoms with Gasteiger partial charge < -0.3 is 5.32 Å². The Morgan fingerprint density at radius 2 is 1.94 bits per heavy atom. The topological polar surface area (TPSA) is 61.6 Å². The van der Waals surface area contributed by atoms with Crippen LogP contribution in [0.25, 0.3) is 0 Å². The van der Waals surface area contributed by atoms with E-state index >= 15 is 0 Å². The molecule has 78 valence electrons. The molecule has 2 aromatic rings. The molecule has 0 saturated carbocycles. The summed E-state index contributed by atoms with van der Waals surface area (Å²) in [5.74, 6) is 1.22. The minimum absolute atomic E-state index is 0.367. The molecule has 4 heteroatoms. The first kappa shape index (κ1) is 10.1. The number of nitriles is 1. The first-order valence-corrected chi connectivity index (χ1v) is 4.86. The average Bonchev–Trinajstić information content (AvgIpc) is 2.29. The second-order valence-corrected chi connectivity index (χ2v) is 3.29. The van der Waals surface area contributed by atoms with Crippen LogP contribution in [0.3, 0.4) is 0 Å². The minimum Gasteiger partial charge on any atom is -0.340 e. The van der Waals surface area contributed by atoms with Crippen LogP contribution in [0.4, 0.5) is 11.5 Å². The molecule has 0 aliphatic heterocycles. The third kappa shape index (κ3) is 2.34. The van der Waals surface area contributed by atoms with Gasteiger partial charge in [0, 0.05) is 11.8 Å². The summed E-state index contributed by atoms with van der Waals surface area (Å²) >= 11 is 0. The highest BCUT2D eigenvalue weighted by atomic mass is 15.0. The summed E-state index contributed by atoms with van der Waals surface area (Å²) in [6.45, 7) is 1.76. The lowest BCUT2D eigenvalue weighted by Crippen LogP contribution is -1.98. The lowest BCUT2D eigenvalue weighted by atomic mass is 10.3. The Bertz CT molecular complexity index is 528. The Morgan fingerprint density at radius 3 is 2.62 bits per heavy atom. The van der Waals surface area contributed by atoms with E-state index in [1.165, 1.54) is 0 Å². The Morgan fingerprint density at radius 1 is 1.19 bits per heavy atom. The molecule has 0 fully saturated rings. The van der Waals surface area contributed by atoms with E-state index in [2.05, 4.69) is 15.3 Å². The van der Waals surface area contributed by atoms with Crippen LogP contribution in [0.15, 0.2) is 36.4 Å². The molecule has 0 spiro atoms. The zero-order chi connectivity index (χ0) is 11.4. The van der Waals surface area contributed by atoms with Gasteiger partial charge in [-0.25, -0.2) is 9.97 Å². The third-order valence-electron chi connectivity index (χ3n) is 2.00. The number of aryl methyl sites for hydroxylation is 1. The van der Waals surface area contributed by atoms with Gasteiger partial charge in [-0.15, -0.1) is 0 Å². The SMILES string of the molecule is Cc1nc(C#N)cc(Nc2ccccc2)n1. The second-order valence-electron chi connectivity index (χ2n) is 3.29. The maximum absolute atomic E-state index is 8.78. The highest BCUT2D eigenvalue weighted by Crippen LogP contribution is 2.14. The van der Waals surface area contributed by atoms with Crippen LogP contribution in [0, 0.1) is 18.3 Å². The van der Waals surface area contributed by atoms with Crippen LogP contribution < -0.4 is 5.32 Å². The number of para-hydroxylation sites is 1. The molecule has 2 rings (SSSR count). The van der Waals surface area contributed by atoms with E-state index in [1.54, 1.807) is 13.0 Å². The smallest absolute Gasteiger partial charge is 0.146 e. The lowest BCUT2D eigenvalue weighted by molar-refractivity contribution is 1.04. The van der Waals surface area contributed by atoms with Crippen LogP contribution in [0.5, 0.6) is 0 Å². The molecule has 1 aromatic carbocycles. The molecule has 4 nitrogen and oxygen atoms in total. The maximum Gasteiger partial charge on any atom is 0.146 e. The molecule has 1 N–H and O–H groups in total. The van der Waals surface area contributed by atoms with Crippen LogP contribution in [-0.2, 0) is 0 Å². The fraction of sp³-hybridized carbons (Fsp3) is 0.0833. The first-order valence-electron chi connectivity index (χ1n) is 4.86. The van der Waals surface area contributed by atoms with Crippen molar-refractivity contribution in [3.63, 3.8) is 0 Å². The molecule has 0 saturated heterocycles. The zero-order valence-electron chi connectivity index (χ0n) is 8.81. The number of benzene rings is 1. The number of anilines is 2. The molecule has 0 amide bonds. The van der Waals surface area contributed by atoms with E-state index in [0.717, 1.165) is 5.69 Å². The van der Waals surface area contributed by atoms with Crippen molar-refractivity contribution in [2.24, 2.45) is 0 Å². The number of hydrogen-bond donors (Lipinski definition) is 1. The Kier molecular flexibility index (Phi) is 2.79. The van der Waals surface area contributed by atoms with Crippen molar-refractivity contribution in [2.45, 2.75) is 6.92 Å². The third-order valence-corrected chi connectivity index (χ3v) is 2.00. The minimum atomic E-state index is 0.367. The summed E-state index contributed by atoms with van der Waals surface area (Å²) < 4.78 is 0. The highest BCUT2D eigenvalue weighted by molar-refractivity contribution is 5.56. The molecule has 0 unspecified atom stereocenters. The van der Waals surface area contributed by atoms with Gasteiger partial charge in [0.1, 0.15) is 23.4 Å². The van der Waals surface area contributed by atoms with Gasteiger partial charge >= 0.3 is 0 Å². The van der Waals surface area contributed by atoms with Crippen LogP contribution in [-0.4, -0.2) is 9.97 Å². The molecule has 1 heterocycles. The van der Waals surface area contributed by atoms with E-state index < -0.39 is 0 Å². The van der Waals surface area contributed by atoms with E-state index in [9.17, 15) is 0 Å². The number of rotatable bonds is 2. The molecule has 0 bridgehead atoms. The molecule has 0 aliphatic rings. The van der Waals surface area contributed by atoms with Gasteiger partial charge in [-0.2, -0.15) is 5.26 Å². The normalized spacial score (nSPS) is 9.50. The summed E-state index contributed by atoms with van der Waals surface area (Å²) in [5.41, 5.74) is 1.30. The molecule has 0 radical (unpaired) electrons. The van der Waals surface area contributed by atoms with Gasteiger partial charge in [-0.05, 0) is 19.1 Å². The molecule has 0 atom stereocenters. The summed E-state index contributed by atoms with van der Waals surface area (Å²) in [5, 5.41) is 11.9. The fourth-order valence-corrected chi connectivity index (χ4v) is 1.36. The molecule has 16 heavy (non-hydrogen) atoms. The van der Waals surface area contributed by atoms with Crippen molar-refractivity contribution < 1.29 is 0 Å². The molecular formula is C12H10N4. The van der Waals surface area contributed by atoms with Crippen LogP contribution in [0.2, 0.25) is 0 Å². The van der Waals surface area contributed by atoms with Gasteiger partial charge in [0.2, 0.25) is 0 Å². The van der Waals surface area contributed by atoms with Crippen molar-refractivity contribution in [1.82, 2.24) is 9.97 Å². The predicted molar refractivity (Wildman–Crippen MR) is 61.2 cm³/mol. The van der Waals surface area contributed by atoms with E-state index in [4.69, 9.17) is 5.26 Å². The van der Waals surface area contributed by atoms with Crippen molar-refractivity contribution >= 4 is 11.5 Å². The standard InChI is InChI=1S/C12H10N4/c1-9-14-11(8-13)7-12(15-9)16-10-5-3-2-4-6-10/h2-7H,1H3,(H,14,15,16). The van der Waals surface area contributed by atoms with Crippen molar-refractivity contribution in [1.29, 1.82) is 5.26 Å². The average molecular weight is 210 g/mol. The number of hydrogen-bond acceptors (Lipinski definition) is 4. The summed E-state index contributed by atoms with van der Waals surface area (Å²) in [7, 11) is 0. The Hall–Kier alpha value is -2.41. The Balaban J connectivity index is 2.29. The predicted octanol–water partition coefficient (Wildman–Crippen LogP) is 2.40.